The normalized spacial score (nSPS) is 20.4. The van der Waals surface area contributed by atoms with Gasteiger partial charge in [0.25, 0.3) is 0 Å². The average molecular weight is 383 g/mol. The van der Waals surface area contributed by atoms with Gasteiger partial charge in [-0.15, -0.1) is 12.4 Å². The van der Waals surface area contributed by atoms with Crippen LogP contribution < -0.4 is 10.6 Å². The van der Waals surface area contributed by atoms with Crippen LogP contribution in [-0.4, -0.2) is 38.8 Å². The number of halogens is 1. The highest BCUT2D eigenvalue weighted by Gasteiger charge is 2.57. The van der Waals surface area contributed by atoms with Gasteiger partial charge in [-0.1, -0.05) is 24.3 Å². The number of carbonyl (C=O) groups excluding carboxylic acids is 1. The highest BCUT2D eigenvalue weighted by Crippen LogP contribution is 2.58. The molecule has 5 nitrogen and oxygen atoms in total. The van der Waals surface area contributed by atoms with Crippen molar-refractivity contribution < 1.29 is 14.3 Å². The van der Waals surface area contributed by atoms with E-state index >= 15 is 0 Å². The summed E-state index contributed by atoms with van der Waals surface area (Å²) in [6.45, 7) is 7.20. The molecule has 1 aromatic rings. The number of ether oxygens (including phenoxy) is 2. The molecule has 3 rings (SSSR count). The molecule has 2 aliphatic rings. The quantitative estimate of drug-likeness (QED) is 0.645. The third kappa shape index (κ3) is 5.68. The van der Waals surface area contributed by atoms with Crippen LogP contribution in [0.1, 0.15) is 37.3 Å². The summed E-state index contributed by atoms with van der Waals surface area (Å²) in [5.74, 6) is 0.444. The molecular weight excluding hydrogens is 352 g/mol. The number of carbonyl (C=O) groups is 1. The van der Waals surface area contributed by atoms with Crippen LogP contribution in [0.15, 0.2) is 24.3 Å². The molecule has 1 heterocycles. The Hall–Kier alpha value is -1.14. The van der Waals surface area contributed by atoms with Gasteiger partial charge in [-0.3, -0.25) is 4.79 Å². The molecule has 1 aromatic carbocycles. The van der Waals surface area contributed by atoms with Crippen LogP contribution in [0.4, 0.5) is 0 Å². The molecule has 1 spiro atoms. The fourth-order valence-electron chi connectivity index (χ4n) is 3.79. The van der Waals surface area contributed by atoms with Crippen molar-refractivity contribution in [1.29, 1.82) is 0 Å². The first-order valence-corrected chi connectivity index (χ1v) is 9.45. The Bertz CT molecular complexity index is 576. The maximum absolute atomic E-state index is 12.4. The number of benzene rings is 1. The van der Waals surface area contributed by atoms with Crippen molar-refractivity contribution in [3.05, 3.63) is 35.4 Å². The number of hydrogen-bond acceptors (Lipinski definition) is 4. The molecule has 6 heteroatoms. The van der Waals surface area contributed by atoms with E-state index in [4.69, 9.17) is 9.47 Å². The van der Waals surface area contributed by atoms with E-state index in [1.807, 2.05) is 13.0 Å². The lowest BCUT2D eigenvalue weighted by atomic mass is 9.92. The standard InChI is InChI=1S/C20H30N2O3.ClH/c1-2-24-10-11-25-15-17-5-3-4-16(12-17)14-22-19(23)18-13-20(18)6-8-21-9-7-20;/h3-5,12,18,21H,2,6-11,13-15H2,1H3,(H,22,23);1H. The molecule has 2 N–H and O–H groups in total. The van der Waals surface area contributed by atoms with Gasteiger partial charge in [0, 0.05) is 19.1 Å². The summed E-state index contributed by atoms with van der Waals surface area (Å²) < 4.78 is 10.9. The summed E-state index contributed by atoms with van der Waals surface area (Å²) in [7, 11) is 0. The minimum atomic E-state index is 0. The van der Waals surface area contributed by atoms with E-state index in [-0.39, 0.29) is 24.2 Å². The van der Waals surface area contributed by atoms with Gasteiger partial charge in [0.15, 0.2) is 0 Å². The lowest BCUT2D eigenvalue weighted by molar-refractivity contribution is -0.123. The monoisotopic (exact) mass is 382 g/mol. The van der Waals surface area contributed by atoms with E-state index in [1.54, 1.807) is 0 Å². The first-order valence-electron chi connectivity index (χ1n) is 9.45. The van der Waals surface area contributed by atoms with E-state index in [0.717, 1.165) is 50.1 Å². The van der Waals surface area contributed by atoms with Crippen molar-refractivity contribution >= 4 is 18.3 Å². The van der Waals surface area contributed by atoms with Crippen molar-refractivity contribution in [2.75, 3.05) is 32.9 Å². The molecule has 1 amide bonds. The molecule has 1 unspecified atom stereocenters. The van der Waals surface area contributed by atoms with Crippen LogP contribution in [0.25, 0.3) is 0 Å². The van der Waals surface area contributed by atoms with Crippen molar-refractivity contribution in [1.82, 2.24) is 10.6 Å². The molecule has 0 radical (unpaired) electrons. The molecule has 26 heavy (non-hydrogen) atoms. The Morgan fingerprint density at radius 1 is 1.23 bits per heavy atom. The van der Waals surface area contributed by atoms with Gasteiger partial charge in [-0.05, 0) is 55.8 Å². The first kappa shape index (κ1) is 21.2. The molecule has 1 saturated heterocycles. The van der Waals surface area contributed by atoms with E-state index in [2.05, 4.69) is 28.8 Å². The summed E-state index contributed by atoms with van der Waals surface area (Å²) in [6.07, 6.45) is 3.34. The van der Waals surface area contributed by atoms with Crippen LogP contribution in [0.2, 0.25) is 0 Å². The number of nitrogens with one attached hydrogen (secondary N) is 2. The minimum Gasteiger partial charge on any atom is -0.379 e. The van der Waals surface area contributed by atoms with Crippen LogP contribution in [0, 0.1) is 11.3 Å². The SMILES string of the molecule is CCOCCOCc1cccc(CNC(=O)C2CC23CCNCC3)c1.Cl. The van der Waals surface area contributed by atoms with Gasteiger partial charge in [0.2, 0.25) is 5.91 Å². The van der Waals surface area contributed by atoms with Crippen molar-refractivity contribution in [2.24, 2.45) is 11.3 Å². The predicted octanol–water partition coefficient (Wildman–Crippen LogP) is 2.67. The second-order valence-electron chi connectivity index (χ2n) is 7.16. The van der Waals surface area contributed by atoms with Gasteiger partial charge in [0.05, 0.1) is 19.8 Å². The Labute approximate surface area is 162 Å². The van der Waals surface area contributed by atoms with Crippen LogP contribution in [-0.2, 0) is 27.4 Å². The Balaban J connectivity index is 0.00000243. The lowest BCUT2D eigenvalue weighted by Crippen LogP contribution is -2.33. The molecule has 1 aliphatic heterocycles. The van der Waals surface area contributed by atoms with Gasteiger partial charge < -0.3 is 20.1 Å². The number of piperidine rings is 1. The maximum atomic E-state index is 12.4. The summed E-state index contributed by atoms with van der Waals surface area (Å²) in [6, 6.07) is 8.23. The third-order valence-corrected chi connectivity index (χ3v) is 5.41. The topological polar surface area (TPSA) is 59.6 Å². The first-order chi connectivity index (χ1) is 12.2. The lowest BCUT2D eigenvalue weighted by Gasteiger charge is -2.23. The predicted molar refractivity (Wildman–Crippen MR) is 104 cm³/mol. The van der Waals surface area contributed by atoms with Crippen LogP contribution >= 0.6 is 12.4 Å². The van der Waals surface area contributed by atoms with Crippen molar-refractivity contribution in [2.45, 2.75) is 39.3 Å². The van der Waals surface area contributed by atoms with E-state index < -0.39 is 0 Å². The van der Waals surface area contributed by atoms with E-state index in [1.165, 1.54) is 0 Å². The Morgan fingerprint density at radius 2 is 1.96 bits per heavy atom. The van der Waals surface area contributed by atoms with Crippen LogP contribution in [0.3, 0.4) is 0 Å². The molecular formula is C20H31ClN2O3. The van der Waals surface area contributed by atoms with Gasteiger partial charge in [0.1, 0.15) is 0 Å². The summed E-state index contributed by atoms with van der Waals surface area (Å²) >= 11 is 0. The van der Waals surface area contributed by atoms with E-state index in [0.29, 0.717) is 31.8 Å². The zero-order valence-corrected chi connectivity index (χ0v) is 16.4. The van der Waals surface area contributed by atoms with Crippen molar-refractivity contribution in [3.63, 3.8) is 0 Å². The molecule has 2 fully saturated rings. The molecule has 1 saturated carbocycles. The number of hydrogen-bond donors (Lipinski definition) is 2. The Kier molecular flexibility index (Phi) is 8.35. The largest absolute Gasteiger partial charge is 0.379 e. The fourth-order valence-corrected chi connectivity index (χ4v) is 3.79. The van der Waals surface area contributed by atoms with Gasteiger partial charge in [-0.2, -0.15) is 0 Å². The molecule has 1 aliphatic carbocycles. The molecule has 0 aromatic heterocycles. The average Bonchev–Trinajstić information content (AvgIpc) is 3.33. The molecule has 146 valence electrons. The summed E-state index contributed by atoms with van der Waals surface area (Å²) in [5.41, 5.74) is 2.55. The van der Waals surface area contributed by atoms with Crippen LogP contribution in [0.5, 0.6) is 0 Å². The van der Waals surface area contributed by atoms with Crippen molar-refractivity contribution in [3.8, 4) is 0 Å². The highest BCUT2D eigenvalue weighted by atomic mass is 35.5. The summed E-state index contributed by atoms with van der Waals surface area (Å²) in [5, 5.41) is 6.50. The second kappa shape index (κ2) is 10.3. The third-order valence-electron chi connectivity index (χ3n) is 5.41. The zero-order chi connectivity index (χ0) is 17.5. The maximum Gasteiger partial charge on any atom is 0.223 e. The van der Waals surface area contributed by atoms with Gasteiger partial charge in [-0.25, -0.2) is 0 Å². The second-order valence-corrected chi connectivity index (χ2v) is 7.16. The summed E-state index contributed by atoms with van der Waals surface area (Å²) in [4.78, 5) is 12.4. The van der Waals surface area contributed by atoms with Gasteiger partial charge >= 0.3 is 0 Å². The fraction of sp³-hybridized carbons (Fsp3) is 0.650. The smallest absolute Gasteiger partial charge is 0.223 e. The number of amides is 1. The highest BCUT2D eigenvalue weighted by molar-refractivity contribution is 5.85. The minimum absolute atomic E-state index is 0. The van der Waals surface area contributed by atoms with E-state index in [9.17, 15) is 4.79 Å². The molecule has 0 bridgehead atoms. The Morgan fingerprint density at radius 3 is 2.73 bits per heavy atom. The zero-order valence-electron chi connectivity index (χ0n) is 15.6. The molecule has 1 atom stereocenters. The number of rotatable bonds is 9.